The highest BCUT2D eigenvalue weighted by molar-refractivity contribution is 5.77. The molecule has 1 aliphatic rings. The fourth-order valence-electron chi connectivity index (χ4n) is 2.50. The molecule has 0 aromatic heterocycles. The summed E-state index contributed by atoms with van der Waals surface area (Å²) < 4.78 is 0. The van der Waals surface area contributed by atoms with Gasteiger partial charge in [-0.05, 0) is 39.2 Å². The summed E-state index contributed by atoms with van der Waals surface area (Å²) in [5.74, 6) is -0.122. The molecule has 0 amide bonds. The lowest BCUT2D eigenvalue weighted by Crippen LogP contribution is -2.48. The third-order valence-electron chi connectivity index (χ3n) is 4.00. The van der Waals surface area contributed by atoms with Gasteiger partial charge in [-0.15, -0.1) is 0 Å². The van der Waals surface area contributed by atoms with Crippen LogP contribution in [0.5, 0.6) is 0 Å². The first kappa shape index (κ1) is 14.5. The molecule has 0 aromatic rings. The van der Waals surface area contributed by atoms with Crippen molar-refractivity contribution in [3.05, 3.63) is 0 Å². The molecule has 0 saturated heterocycles. The van der Waals surface area contributed by atoms with Gasteiger partial charge >= 0.3 is 5.97 Å². The zero-order chi connectivity index (χ0) is 13.1. The van der Waals surface area contributed by atoms with Crippen LogP contribution in [0.3, 0.4) is 0 Å². The van der Waals surface area contributed by atoms with E-state index in [9.17, 15) is 4.79 Å². The third kappa shape index (κ3) is 4.28. The second-order valence-electron chi connectivity index (χ2n) is 5.88. The van der Waals surface area contributed by atoms with Crippen molar-refractivity contribution in [2.24, 2.45) is 11.7 Å². The molecule has 3 N–H and O–H groups in total. The Balaban J connectivity index is 2.38. The van der Waals surface area contributed by atoms with Crippen LogP contribution in [-0.4, -0.2) is 41.1 Å². The number of carboxylic acids is 1. The van der Waals surface area contributed by atoms with E-state index in [4.69, 9.17) is 10.8 Å². The molecule has 0 bridgehead atoms. The van der Waals surface area contributed by atoms with Gasteiger partial charge in [0.25, 0.3) is 0 Å². The largest absolute Gasteiger partial charge is 0.480 e. The number of carbonyl (C=O) groups is 1. The summed E-state index contributed by atoms with van der Waals surface area (Å²) in [4.78, 5) is 13.2. The highest BCUT2D eigenvalue weighted by atomic mass is 16.4. The fraction of sp³-hybridized carbons (Fsp3) is 0.923. The molecule has 17 heavy (non-hydrogen) atoms. The Morgan fingerprint density at radius 1 is 1.53 bits per heavy atom. The van der Waals surface area contributed by atoms with E-state index in [0.717, 1.165) is 12.5 Å². The van der Waals surface area contributed by atoms with E-state index in [1.165, 1.54) is 25.7 Å². The van der Waals surface area contributed by atoms with Gasteiger partial charge in [0.2, 0.25) is 0 Å². The van der Waals surface area contributed by atoms with Crippen molar-refractivity contribution in [1.29, 1.82) is 0 Å². The molecule has 3 unspecified atom stereocenters. The Bertz CT molecular complexity index is 266. The SMILES string of the molecule is CC1CCCC(N(C)CCC(C)(N)C(=O)O)C1. The number of nitrogens with zero attached hydrogens (tertiary/aromatic N) is 1. The first-order valence-corrected chi connectivity index (χ1v) is 6.55. The molecule has 4 heteroatoms. The summed E-state index contributed by atoms with van der Waals surface area (Å²) in [6, 6.07) is 0.600. The van der Waals surface area contributed by atoms with Crippen LogP contribution >= 0.6 is 0 Å². The molecular formula is C13H26N2O2. The van der Waals surface area contributed by atoms with Crippen molar-refractivity contribution >= 4 is 5.97 Å². The van der Waals surface area contributed by atoms with Gasteiger partial charge in [0, 0.05) is 12.6 Å². The summed E-state index contributed by atoms with van der Waals surface area (Å²) in [5.41, 5.74) is 4.64. The average molecular weight is 242 g/mol. The number of hydrogen-bond acceptors (Lipinski definition) is 3. The zero-order valence-electron chi connectivity index (χ0n) is 11.3. The molecule has 3 atom stereocenters. The Kier molecular flexibility index (Phi) is 4.95. The molecule has 0 spiro atoms. The van der Waals surface area contributed by atoms with Gasteiger partial charge in [0.1, 0.15) is 5.54 Å². The van der Waals surface area contributed by atoms with Gasteiger partial charge in [-0.1, -0.05) is 19.8 Å². The van der Waals surface area contributed by atoms with Crippen LogP contribution in [0.25, 0.3) is 0 Å². The first-order valence-electron chi connectivity index (χ1n) is 6.55. The van der Waals surface area contributed by atoms with E-state index in [1.807, 2.05) is 0 Å². The number of hydrogen-bond donors (Lipinski definition) is 2. The molecule has 1 rings (SSSR count). The quantitative estimate of drug-likeness (QED) is 0.770. The summed E-state index contributed by atoms with van der Waals surface area (Å²) in [5, 5.41) is 8.96. The standard InChI is InChI=1S/C13H26N2O2/c1-10-5-4-6-11(9-10)15(3)8-7-13(2,14)12(16)17/h10-11H,4-9,14H2,1-3H3,(H,16,17). The van der Waals surface area contributed by atoms with Gasteiger partial charge in [0.05, 0.1) is 0 Å². The van der Waals surface area contributed by atoms with E-state index in [2.05, 4.69) is 18.9 Å². The maximum atomic E-state index is 10.9. The van der Waals surface area contributed by atoms with E-state index in [-0.39, 0.29) is 0 Å². The highest BCUT2D eigenvalue weighted by Crippen LogP contribution is 2.27. The zero-order valence-corrected chi connectivity index (χ0v) is 11.3. The molecule has 0 aromatic carbocycles. The predicted molar refractivity (Wildman–Crippen MR) is 68.9 cm³/mol. The van der Waals surface area contributed by atoms with Crippen molar-refractivity contribution in [3.63, 3.8) is 0 Å². The molecule has 1 saturated carbocycles. The number of nitrogens with two attached hydrogens (primary N) is 1. The summed E-state index contributed by atoms with van der Waals surface area (Å²) in [6.45, 7) is 4.65. The summed E-state index contributed by atoms with van der Waals surface area (Å²) >= 11 is 0. The fourth-order valence-corrected chi connectivity index (χ4v) is 2.50. The summed E-state index contributed by atoms with van der Waals surface area (Å²) in [6.07, 6.45) is 5.58. The van der Waals surface area contributed by atoms with Gasteiger partial charge in [-0.3, -0.25) is 4.79 Å². The van der Waals surface area contributed by atoms with E-state index in [0.29, 0.717) is 12.5 Å². The van der Waals surface area contributed by atoms with Crippen molar-refractivity contribution in [3.8, 4) is 0 Å². The normalized spacial score (nSPS) is 29.0. The maximum absolute atomic E-state index is 10.9. The van der Waals surface area contributed by atoms with Crippen LogP contribution in [0.4, 0.5) is 0 Å². The second kappa shape index (κ2) is 5.83. The predicted octanol–water partition coefficient (Wildman–Crippen LogP) is 1.69. The van der Waals surface area contributed by atoms with Gasteiger partial charge in [0.15, 0.2) is 0 Å². The Morgan fingerprint density at radius 3 is 2.71 bits per heavy atom. The number of aliphatic carboxylic acids is 1. The molecule has 4 nitrogen and oxygen atoms in total. The smallest absolute Gasteiger partial charge is 0.323 e. The van der Waals surface area contributed by atoms with E-state index in [1.54, 1.807) is 6.92 Å². The minimum Gasteiger partial charge on any atom is -0.480 e. The lowest BCUT2D eigenvalue weighted by molar-refractivity contribution is -0.143. The van der Waals surface area contributed by atoms with Crippen molar-refractivity contribution in [2.45, 2.75) is 57.5 Å². The first-order chi connectivity index (χ1) is 7.83. The van der Waals surface area contributed by atoms with Crippen LogP contribution in [0.1, 0.15) is 46.0 Å². The van der Waals surface area contributed by atoms with Crippen LogP contribution in [0, 0.1) is 5.92 Å². The maximum Gasteiger partial charge on any atom is 0.323 e. The number of carboxylic acid groups (broad SMARTS) is 1. The van der Waals surface area contributed by atoms with E-state index < -0.39 is 11.5 Å². The van der Waals surface area contributed by atoms with Crippen LogP contribution in [0.15, 0.2) is 0 Å². The molecular weight excluding hydrogens is 216 g/mol. The van der Waals surface area contributed by atoms with E-state index >= 15 is 0 Å². The Morgan fingerprint density at radius 2 is 2.18 bits per heavy atom. The lowest BCUT2D eigenvalue weighted by Gasteiger charge is -2.35. The second-order valence-corrected chi connectivity index (χ2v) is 5.88. The molecule has 0 aliphatic heterocycles. The molecule has 1 fully saturated rings. The van der Waals surface area contributed by atoms with Gasteiger partial charge < -0.3 is 15.7 Å². The number of rotatable bonds is 5. The Hall–Kier alpha value is -0.610. The molecule has 0 heterocycles. The Labute approximate surface area is 104 Å². The van der Waals surface area contributed by atoms with Crippen LogP contribution in [-0.2, 0) is 4.79 Å². The van der Waals surface area contributed by atoms with Crippen molar-refractivity contribution < 1.29 is 9.90 Å². The lowest BCUT2D eigenvalue weighted by atomic mass is 9.86. The van der Waals surface area contributed by atoms with Crippen molar-refractivity contribution in [2.75, 3.05) is 13.6 Å². The molecule has 1 aliphatic carbocycles. The highest BCUT2D eigenvalue weighted by Gasteiger charge is 2.29. The minimum absolute atomic E-state index is 0.504. The molecule has 100 valence electrons. The minimum atomic E-state index is -1.10. The summed E-state index contributed by atoms with van der Waals surface area (Å²) in [7, 11) is 2.08. The third-order valence-corrected chi connectivity index (χ3v) is 4.00. The van der Waals surface area contributed by atoms with Gasteiger partial charge in [-0.2, -0.15) is 0 Å². The average Bonchev–Trinajstić information content (AvgIpc) is 2.25. The van der Waals surface area contributed by atoms with Gasteiger partial charge in [-0.25, -0.2) is 0 Å². The molecule has 0 radical (unpaired) electrons. The van der Waals surface area contributed by atoms with Crippen LogP contribution in [0.2, 0.25) is 0 Å². The topological polar surface area (TPSA) is 66.6 Å². The monoisotopic (exact) mass is 242 g/mol. The van der Waals surface area contributed by atoms with Crippen molar-refractivity contribution in [1.82, 2.24) is 4.90 Å². The van der Waals surface area contributed by atoms with Crippen LogP contribution < -0.4 is 5.73 Å².